The van der Waals surface area contributed by atoms with Crippen molar-refractivity contribution < 1.29 is 23.7 Å². The zero-order valence-electron chi connectivity index (χ0n) is 19.1. The van der Waals surface area contributed by atoms with Gasteiger partial charge in [-0.15, -0.1) is 0 Å². The zero-order valence-corrected chi connectivity index (χ0v) is 19.1. The predicted octanol–water partition coefficient (Wildman–Crippen LogP) is 3.04. The van der Waals surface area contributed by atoms with Crippen LogP contribution in [0.3, 0.4) is 0 Å². The third-order valence-corrected chi connectivity index (χ3v) is 6.35. The highest BCUT2D eigenvalue weighted by Crippen LogP contribution is 2.38. The van der Waals surface area contributed by atoms with Crippen molar-refractivity contribution in [3.05, 3.63) is 41.9 Å². The second kappa shape index (κ2) is 8.83. The van der Waals surface area contributed by atoms with Crippen LogP contribution in [-0.2, 0) is 35.9 Å². The summed E-state index contributed by atoms with van der Waals surface area (Å²) in [6, 6.07) is 6.22. The minimum Gasteiger partial charge on any atom is -0.380 e. The fraction of sp³-hybridized carbons (Fsp3) is 0.458. The molecule has 174 valence electrons. The summed E-state index contributed by atoms with van der Waals surface area (Å²) in [4.78, 5) is 21.1. The molecular weight excluding hydrogens is 424 g/mol. The van der Waals surface area contributed by atoms with E-state index in [0.29, 0.717) is 38.9 Å². The van der Waals surface area contributed by atoms with E-state index in [9.17, 15) is 4.79 Å². The van der Waals surface area contributed by atoms with Crippen LogP contribution in [0.25, 0.3) is 22.2 Å². The molecule has 9 heteroatoms. The predicted molar refractivity (Wildman–Crippen MR) is 122 cm³/mol. The molecule has 0 bridgehead atoms. The van der Waals surface area contributed by atoms with Crippen molar-refractivity contribution in [3.63, 3.8) is 0 Å². The Morgan fingerprint density at radius 2 is 2.12 bits per heavy atom. The van der Waals surface area contributed by atoms with E-state index in [1.54, 1.807) is 20.4 Å². The molecule has 5 heterocycles. The average Bonchev–Trinajstić information content (AvgIpc) is 3.38. The van der Waals surface area contributed by atoms with Gasteiger partial charge in [-0.05, 0) is 23.8 Å². The lowest BCUT2D eigenvalue weighted by molar-refractivity contribution is -0.114. The van der Waals surface area contributed by atoms with Gasteiger partial charge in [-0.25, -0.2) is 9.97 Å². The standard InChI is InChI=1S/C24H28N4O5/c1-15(29)26-23-8-18-19(10-28(17-12-33-13-17)21(18)9-25-23)20-6-16(11-30-2)7-22(27-20)24(31-3)4-5-32-14-24/h6-10,17H,4-5,11-14H2,1-3H3,(H,25,26,29). The van der Waals surface area contributed by atoms with Crippen molar-refractivity contribution in [2.45, 2.75) is 31.6 Å². The summed E-state index contributed by atoms with van der Waals surface area (Å²) in [5.41, 5.74) is 3.99. The topological polar surface area (TPSA) is 96.7 Å². The highest BCUT2D eigenvalue weighted by atomic mass is 16.5. The van der Waals surface area contributed by atoms with Crippen LogP contribution in [0.2, 0.25) is 0 Å². The minimum absolute atomic E-state index is 0.166. The maximum Gasteiger partial charge on any atom is 0.222 e. The monoisotopic (exact) mass is 452 g/mol. The van der Waals surface area contributed by atoms with Crippen molar-refractivity contribution in [3.8, 4) is 11.3 Å². The van der Waals surface area contributed by atoms with E-state index in [4.69, 9.17) is 23.9 Å². The SMILES string of the molecule is COCc1cc(-c2cn(C3COC3)c3cnc(NC(C)=O)cc23)nc(C2(OC)CCOC2)c1. The van der Waals surface area contributed by atoms with Gasteiger partial charge in [0.1, 0.15) is 11.4 Å². The van der Waals surface area contributed by atoms with E-state index in [1.165, 1.54) is 6.92 Å². The van der Waals surface area contributed by atoms with Crippen molar-refractivity contribution in [2.24, 2.45) is 0 Å². The molecule has 1 amide bonds. The molecule has 0 aliphatic carbocycles. The number of anilines is 1. The molecule has 9 nitrogen and oxygen atoms in total. The van der Waals surface area contributed by atoms with Crippen molar-refractivity contribution in [2.75, 3.05) is 46.0 Å². The molecule has 3 aromatic heterocycles. The third-order valence-electron chi connectivity index (χ3n) is 6.35. The van der Waals surface area contributed by atoms with Crippen LogP contribution in [0.5, 0.6) is 0 Å². The van der Waals surface area contributed by atoms with Crippen molar-refractivity contribution in [1.29, 1.82) is 0 Å². The molecule has 2 saturated heterocycles. The third kappa shape index (κ3) is 4.02. The zero-order chi connectivity index (χ0) is 23.0. The highest BCUT2D eigenvalue weighted by Gasteiger charge is 2.39. The van der Waals surface area contributed by atoms with E-state index >= 15 is 0 Å². The normalized spacial score (nSPS) is 20.8. The molecule has 2 aliphatic rings. The van der Waals surface area contributed by atoms with Gasteiger partial charge in [0.2, 0.25) is 5.91 Å². The lowest BCUT2D eigenvalue weighted by atomic mass is 9.95. The number of nitrogens with one attached hydrogen (secondary N) is 1. The van der Waals surface area contributed by atoms with E-state index in [2.05, 4.69) is 21.1 Å². The van der Waals surface area contributed by atoms with Crippen LogP contribution in [0, 0.1) is 0 Å². The first-order valence-electron chi connectivity index (χ1n) is 11.0. The summed E-state index contributed by atoms with van der Waals surface area (Å²) in [5, 5.41) is 3.75. The number of rotatable bonds is 7. The molecule has 1 N–H and O–H groups in total. The quantitative estimate of drug-likeness (QED) is 0.589. The Hall–Kier alpha value is -2.85. The molecule has 0 aromatic carbocycles. The number of ether oxygens (including phenoxy) is 4. The fourth-order valence-electron chi connectivity index (χ4n) is 4.51. The number of fused-ring (bicyclic) bond motifs is 1. The number of methoxy groups -OCH3 is 2. The van der Waals surface area contributed by atoms with Crippen LogP contribution in [-0.4, -0.2) is 61.1 Å². The lowest BCUT2D eigenvalue weighted by Gasteiger charge is -2.28. The summed E-state index contributed by atoms with van der Waals surface area (Å²) in [6.45, 7) is 4.33. The number of carbonyl (C=O) groups excluding carboxylic acids is 1. The Morgan fingerprint density at radius 1 is 1.27 bits per heavy atom. The number of hydrogen-bond acceptors (Lipinski definition) is 7. The van der Waals surface area contributed by atoms with E-state index in [1.807, 2.05) is 18.2 Å². The molecule has 33 heavy (non-hydrogen) atoms. The van der Waals surface area contributed by atoms with Gasteiger partial charge in [-0.3, -0.25) is 4.79 Å². The number of hydrogen-bond donors (Lipinski definition) is 1. The van der Waals surface area contributed by atoms with Crippen LogP contribution in [0.1, 0.15) is 30.6 Å². The maximum atomic E-state index is 11.6. The van der Waals surface area contributed by atoms with Gasteiger partial charge >= 0.3 is 0 Å². The molecule has 1 unspecified atom stereocenters. The summed E-state index contributed by atoms with van der Waals surface area (Å²) in [7, 11) is 3.38. The minimum atomic E-state index is -0.582. The Bertz CT molecular complexity index is 1180. The number of pyridine rings is 2. The Balaban J connectivity index is 1.69. The largest absolute Gasteiger partial charge is 0.380 e. The second-order valence-corrected chi connectivity index (χ2v) is 8.59. The van der Waals surface area contributed by atoms with Gasteiger partial charge in [-0.2, -0.15) is 0 Å². The first-order chi connectivity index (χ1) is 16.0. The molecular formula is C24H28N4O5. The molecule has 5 rings (SSSR count). The van der Waals surface area contributed by atoms with E-state index in [0.717, 1.165) is 39.8 Å². The van der Waals surface area contributed by atoms with E-state index in [-0.39, 0.29) is 11.9 Å². The molecule has 2 aliphatic heterocycles. The fourth-order valence-corrected chi connectivity index (χ4v) is 4.51. The molecule has 2 fully saturated rings. The van der Waals surface area contributed by atoms with Crippen LogP contribution < -0.4 is 5.32 Å². The van der Waals surface area contributed by atoms with E-state index < -0.39 is 5.60 Å². The summed E-state index contributed by atoms with van der Waals surface area (Å²) in [5.74, 6) is 0.339. The van der Waals surface area contributed by atoms with Crippen LogP contribution >= 0.6 is 0 Å². The number of amides is 1. The second-order valence-electron chi connectivity index (χ2n) is 8.59. The van der Waals surface area contributed by atoms with Crippen LogP contribution in [0.4, 0.5) is 5.82 Å². The number of nitrogens with zero attached hydrogens (tertiary/aromatic N) is 3. The van der Waals surface area contributed by atoms with Gasteiger partial charge in [0, 0.05) is 51.3 Å². The van der Waals surface area contributed by atoms with Gasteiger partial charge in [-0.1, -0.05) is 0 Å². The molecule has 3 aromatic rings. The number of carbonyl (C=O) groups is 1. The van der Waals surface area contributed by atoms with Gasteiger partial charge in [0.05, 0.1) is 55.6 Å². The lowest BCUT2D eigenvalue weighted by Crippen LogP contribution is -2.30. The number of aromatic nitrogens is 3. The molecule has 0 spiro atoms. The molecule has 0 saturated carbocycles. The summed E-state index contributed by atoms with van der Waals surface area (Å²) >= 11 is 0. The Morgan fingerprint density at radius 3 is 2.76 bits per heavy atom. The Labute approximate surface area is 192 Å². The average molecular weight is 453 g/mol. The maximum absolute atomic E-state index is 11.6. The van der Waals surface area contributed by atoms with Crippen molar-refractivity contribution in [1.82, 2.24) is 14.5 Å². The van der Waals surface area contributed by atoms with Gasteiger partial charge in [0.15, 0.2) is 0 Å². The first-order valence-corrected chi connectivity index (χ1v) is 11.0. The highest BCUT2D eigenvalue weighted by molar-refractivity contribution is 5.98. The summed E-state index contributed by atoms with van der Waals surface area (Å²) in [6.07, 6.45) is 4.64. The molecule has 0 radical (unpaired) electrons. The Kier molecular flexibility index (Phi) is 5.88. The molecule has 1 atom stereocenters. The van der Waals surface area contributed by atoms with Crippen molar-refractivity contribution >= 4 is 22.6 Å². The van der Waals surface area contributed by atoms with Crippen LogP contribution in [0.15, 0.2) is 30.6 Å². The smallest absolute Gasteiger partial charge is 0.222 e. The van der Waals surface area contributed by atoms with Gasteiger partial charge < -0.3 is 28.8 Å². The summed E-state index contributed by atoms with van der Waals surface area (Å²) < 4.78 is 24.7. The first kappa shape index (κ1) is 22.0. The van der Waals surface area contributed by atoms with Gasteiger partial charge in [0.25, 0.3) is 0 Å².